The molecular weight excluding hydrogens is 292 g/mol. The molecule has 5 heteroatoms. The van der Waals surface area contributed by atoms with Crippen LogP contribution >= 0.6 is 0 Å². The molecule has 0 N–H and O–H groups in total. The van der Waals surface area contributed by atoms with Gasteiger partial charge in [-0.05, 0) is 32.8 Å². The van der Waals surface area contributed by atoms with Crippen molar-refractivity contribution in [2.45, 2.75) is 39.7 Å². The topological polar surface area (TPSA) is 45.9 Å². The molecule has 1 amide bonds. The molecule has 3 rings (SSSR count). The lowest BCUT2D eigenvalue weighted by atomic mass is 10.00. The smallest absolute Gasteiger partial charge is 0.230 e. The van der Waals surface area contributed by atoms with E-state index in [0.29, 0.717) is 12.0 Å². The minimum Gasteiger partial charge on any atom is -0.466 e. The number of amides is 1. The molecule has 0 aromatic carbocycles. The summed E-state index contributed by atoms with van der Waals surface area (Å²) in [5, 5.41) is 0. The normalized spacial score (nSPS) is 27.4. The molecule has 0 radical (unpaired) electrons. The van der Waals surface area contributed by atoms with Gasteiger partial charge in [-0.25, -0.2) is 0 Å². The summed E-state index contributed by atoms with van der Waals surface area (Å²) in [4.78, 5) is 17.4. The van der Waals surface area contributed by atoms with Crippen LogP contribution in [0, 0.1) is 19.8 Å². The first-order chi connectivity index (χ1) is 11.0. The summed E-state index contributed by atoms with van der Waals surface area (Å²) in [6.07, 6.45) is 0. The van der Waals surface area contributed by atoms with E-state index in [4.69, 9.17) is 9.15 Å². The summed E-state index contributed by atoms with van der Waals surface area (Å²) in [5.74, 6) is 2.33. The zero-order chi connectivity index (χ0) is 16.6. The van der Waals surface area contributed by atoms with Crippen molar-refractivity contribution in [3.8, 4) is 0 Å². The number of likely N-dealkylation sites (tertiary alicyclic amines) is 1. The van der Waals surface area contributed by atoms with Crippen LogP contribution in [0.1, 0.15) is 36.8 Å². The Morgan fingerprint density at radius 2 is 1.96 bits per heavy atom. The number of carbonyl (C=O) groups excluding carboxylic acids is 1. The first kappa shape index (κ1) is 16.5. The lowest BCUT2D eigenvalue weighted by Gasteiger charge is -2.34. The Bertz CT molecular complexity index is 563. The van der Waals surface area contributed by atoms with E-state index in [1.54, 1.807) is 0 Å². The van der Waals surface area contributed by atoms with Crippen molar-refractivity contribution in [1.82, 2.24) is 9.80 Å². The van der Waals surface area contributed by atoms with Gasteiger partial charge in [-0.2, -0.15) is 0 Å². The van der Waals surface area contributed by atoms with Gasteiger partial charge in [-0.1, -0.05) is 6.92 Å². The molecule has 0 bridgehead atoms. The predicted octanol–water partition coefficient (Wildman–Crippen LogP) is 2.18. The maximum absolute atomic E-state index is 12.9. The van der Waals surface area contributed by atoms with E-state index in [1.165, 1.54) is 0 Å². The third-order valence-electron chi connectivity index (χ3n) is 5.32. The van der Waals surface area contributed by atoms with Gasteiger partial charge in [0.25, 0.3) is 0 Å². The van der Waals surface area contributed by atoms with Gasteiger partial charge in [-0.15, -0.1) is 0 Å². The summed E-state index contributed by atoms with van der Waals surface area (Å²) < 4.78 is 11.0. The fraction of sp³-hybridized carbons (Fsp3) is 0.722. The van der Waals surface area contributed by atoms with Gasteiger partial charge in [0.1, 0.15) is 11.5 Å². The Kier molecular flexibility index (Phi) is 4.78. The van der Waals surface area contributed by atoms with Crippen LogP contribution in [0.2, 0.25) is 0 Å². The summed E-state index contributed by atoms with van der Waals surface area (Å²) in [7, 11) is 0. The van der Waals surface area contributed by atoms with Crippen LogP contribution in [0.4, 0.5) is 0 Å². The lowest BCUT2D eigenvalue weighted by Crippen LogP contribution is -2.47. The minimum absolute atomic E-state index is 0.136. The molecule has 3 heterocycles. The number of hydrogen-bond acceptors (Lipinski definition) is 4. The fourth-order valence-corrected chi connectivity index (χ4v) is 4.00. The molecule has 3 unspecified atom stereocenters. The monoisotopic (exact) mass is 320 g/mol. The maximum atomic E-state index is 12.9. The molecule has 5 nitrogen and oxygen atoms in total. The van der Waals surface area contributed by atoms with E-state index >= 15 is 0 Å². The number of nitrogens with zero attached hydrogens (tertiary/aromatic N) is 2. The quantitative estimate of drug-likeness (QED) is 0.856. The van der Waals surface area contributed by atoms with E-state index in [2.05, 4.69) is 11.8 Å². The SMILES string of the molecule is Cc1cc(C(C)C(=O)N2CC(C)C(N3CCOCC3)C2)c(C)o1. The number of rotatable bonds is 3. The molecule has 0 spiro atoms. The van der Waals surface area contributed by atoms with E-state index in [0.717, 1.165) is 56.5 Å². The van der Waals surface area contributed by atoms with Crippen molar-refractivity contribution in [3.05, 3.63) is 23.2 Å². The van der Waals surface area contributed by atoms with Crippen LogP contribution in [-0.2, 0) is 9.53 Å². The molecule has 23 heavy (non-hydrogen) atoms. The molecule has 1 aromatic heterocycles. The number of hydrogen-bond donors (Lipinski definition) is 0. The second kappa shape index (κ2) is 6.65. The highest BCUT2D eigenvalue weighted by Gasteiger charge is 2.38. The highest BCUT2D eigenvalue weighted by molar-refractivity contribution is 5.84. The van der Waals surface area contributed by atoms with Gasteiger partial charge in [0.2, 0.25) is 5.91 Å². The second-order valence-corrected chi connectivity index (χ2v) is 7.03. The van der Waals surface area contributed by atoms with Crippen LogP contribution in [0.5, 0.6) is 0 Å². The van der Waals surface area contributed by atoms with Gasteiger partial charge in [0.05, 0.1) is 19.1 Å². The summed E-state index contributed by atoms with van der Waals surface area (Å²) in [5.41, 5.74) is 1.02. The van der Waals surface area contributed by atoms with Crippen LogP contribution in [0.25, 0.3) is 0 Å². The zero-order valence-corrected chi connectivity index (χ0v) is 14.7. The Labute approximate surface area is 138 Å². The molecule has 2 fully saturated rings. The average Bonchev–Trinajstić information content (AvgIpc) is 3.09. The number of furan rings is 1. The van der Waals surface area contributed by atoms with Gasteiger partial charge < -0.3 is 14.1 Å². The van der Waals surface area contributed by atoms with Crippen molar-refractivity contribution in [3.63, 3.8) is 0 Å². The lowest BCUT2D eigenvalue weighted by molar-refractivity contribution is -0.131. The van der Waals surface area contributed by atoms with Gasteiger partial charge in [-0.3, -0.25) is 9.69 Å². The van der Waals surface area contributed by atoms with Crippen LogP contribution in [0.15, 0.2) is 10.5 Å². The average molecular weight is 320 g/mol. The Morgan fingerprint density at radius 1 is 1.26 bits per heavy atom. The maximum Gasteiger partial charge on any atom is 0.230 e. The molecule has 2 saturated heterocycles. The van der Waals surface area contributed by atoms with Crippen LogP contribution < -0.4 is 0 Å². The Morgan fingerprint density at radius 3 is 2.57 bits per heavy atom. The van der Waals surface area contributed by atoms with Crippen molar-refractivity contribution in [2.24, 2.45) is 5.92 Å². The fourth-order valence-electron chi connectivity index (χ4n) is 4.00. The zero-order valence-electron chi connectivity index (χ0n) is 14.7. The first-order valence-corrected chi connectivity index (χ1v) is 8.65. The minimum atomic E-state index is -0.136. The largest absolute Gasteiger partial charge is 0.466 e. The number of carbonyl (C=O) groups is 1. The number of aryl methyl sites for hydroxylation is 2. The van der Waals surface area contributed by atoms with E-state index in [1.807, 2.05) is 31.7 Å². The molecule has 1 aromatic rings. The highest BCUT2D eigenvalue weighted by atomic mass is 16.5. The van der Waals surface area contributed by atoms with Crippen molar-refractivity contribution in [1.29, 1.82) is 0 Å². The molecule has 3 atom stereocenters. The third kappa shape index (κ3) is 3.31. The van der Waals surface area contributed by atoms with Gasteiger partial charge in [0.15, 0.2) is 0 Å². The first-order valence-electron chi connectivity index (χ1n) is 8.65. The summed E-state index contributed by atoms with van der Waals surface area (Å²) in [6, 6.07) is 2.46. The summed E-state index contributed by atoms with van der Waals surface area (Å²) >= 11 is 0. The molecule has 0 aliphatic carbocycles. The van der Waals surface area contributed by atoms with E-state index in [9.17, 15) is 4.79 Å². The van der Waals surface area contributed by atoms with Crippen molar-refractivity contribution >= 4 is 5.91 Å². The Balaban J connectivity index is 1.67. The molecular formula is C18H28N2O3. The summed E-state index contributed by atoms with van der Waals surface area (Å²) in [6.45, 7) is 13.4. The molecule has 2 aliphatic rings. The van der Waals surface area contributed by atoms with E-state index in [-0.39, 0.29) is 11.8 Å². The number of morpholine rings is 1. The van der Waals surface area contributed by atoms with Crippen LogP contribution in [-0.4, -0.2) is 61.1 Å². The van der Waals surface area contributed by atoms with E-state index < -0.39 is 0 Å². The molecule has 0 saturated carbocycles. The molecule has 2 aliphatic heterocycles. The number of ether oxygens (including phenoxy) is 1. The predicted molar refractivity (Wildman–Crippen MR) is 88.5 cm³/mol. The molecule has 128 valence electrons. The van der Waals surface area contributed by atoms with Gasteiger partial charge >= 0.3 is 0 Å². The highest BCUT2D eigenvalue weighted by Crippen LogP contribution is 2.29. The third-order valence-corrected chi connectivity index (χ3v) is 5.32. The second-order valence-electron chi connectivity index (χ2n) is 7.03. The van der Waals surface area contributed by atoms with Crippen molar-refractivity contribution < 1.29 is 13.9 Å². The Hall–Kier alpha value is -1.33. The van der Waals surface area contributed by atoms with Gasteiger partial charge in [0, 0.05) is 37.8 Å². The van der Waals surface area contributed by atoms with Crippen LogP contribution in [0.3, 0.4) is 0 Å². The van der Waals surface area contributed by atoms with Crippen molar-refractivity contribution in [2.75, 3.05) is 39.4 Å². The standard InChI is InChI=1S/C18H28N2O3/c1-12-10-20(11-17(12)19-5-7-22-8-6-19)18(21)14(3)16-9-13(2)23-15(16)4/h9,12,14,17H,5-8,10-11H2,1-4H3.